The number of rotatable bonds is 6. The van der Waals surface area contributed by atoms with E-state index in [1.165, 1.54) is 18.2 Å². The summed E-state index contributed by atoms with van der Waals surface area (Å²) in [5.41, 5.74) is 2.06. The SMILES string of the molecule is O=C(Nc1ccc(NC(=O)c2cc3ccccc3o2)cc1)c1ccc(-c2cccc([N+](=O)[O-])c2)o1. The lowest BCUT2D eigenvalue weighted by molar-refractivity contribution is -0.384. The number of carbonyl (C=O) groups is 2. The summed E-state index contributed by atoms with van der Waals surface area (Å²) in [5.74, 6) is -0.291. The van der Waals surface area contributed by atoms with E-state index >= 15 is 0 Å². The summed E-state index contributed by atoms with van der Waals surface area (Å²) in [5, 5.41) is 17.3. The first-order valence-corrected chi connectivity index (χ1v) is 10.5. The number of non-ortho nitro benzene ring substituents is 1. The Balaban J connectivity index is 1.23. The Labute approximate surface area is 198 Å². The van der Waals surface area contributed by atoms with E-state index in [2.05, 4.69) is 10.6 Å². The number of anilines is 2. The zero-order valence-electron chi connectivity index (χ0n) is 18.1. The molecule has 5 rings (SSSR count). The van der Waals surface area contributed by atoms with Gasteiger partial charge in [-0.1, -0.05) is 30.3 Å². The molecule has 0 fully saturated rings. The van der Waals surface area contributed by atoms with E-state index in [0.717, 1.165) is 5.39 Å². The van der Waals surface area contributed by atoms with Crippen molar-refractivity contribution in [1.29, 1.82) is 0 Å². The fourth-order valence-electron chi connectivity index (χ4n) is 3.50. The number of carbonyl (C=O) groups excluding carboxylic acids is 2. The third-order valence-electron chi connectivity index (χ3n) is 5.22. The molecule has 0 spiro atoms. The highest BCUT2D eigenvalue weighted by Gasteiger charge is 2.15. The molecule has 0 unspecified atom stereocenters. The maximum atomic E-state index is 12.6. The van der Waals surface area contributed by atoms with Crippen LogP contribution in [-0.4, -0.2) is 16.7 Å². The van der Waals surface area contributed by atoms with Crippen LogP contribution in [0.1, 0.15) is 21.1 Å². The molecule has 3 aromatic carbocycles. The van der Waals surface area contributed by atoms with Gasteiger partial charge in [0.2, 0.25) is 0 Å². The van der Waals surface area contributed by atoms with Crippen LogP contribution in [0.4, 0.5) is 17.1 Å². The highest BCUT2D eigenvalue weighted by atomic mass is 16.6. The molecule has 5 aromatic rings. The monoisotopic (exact) mass is 467 g/mol. The summed E-state index contributed by atoms with van der Waals surface area (Å²) in [7, 11) is 0. The third-order valence-corrected chi connectivity index (χ3v) is 5.22. The van der Waals surface area contributed by atoms with Gasteiger partial charge < -0.3 is 19.5 Å². The van der Waals surface area contributed by atoms with Gasteiger partial charge in [-0.05, 0) is 48.5 Å². The van der Waals surface area contributed by atoms with Gasteiger partial charge in [0.05, 0.1) is 4.92 Å². The average Bonchev–Trinajstić information content (AvgIpc) is 3.53. The predicted molar refractivity (Wildman–Crippen MR) is 129 cm³/mol. The fourth-order valence-corrected chi connectivity index (χ4v) is 3.50. The number of furan rings is 2. The van der Waals surface area contributed by atoms with Crippen LogP contribution in [0, 0.1) is 10.1 Å². The van der Waals surface area contributed by atoms with Gasteiger partial charge in [-0.2, -0.15) is 0 Å². The van der Waals surface area contributed by atoms with Crippen molar-refractivity contribution in [2.24, 2.45) is 0 Å². The number of nitro benzene ring substituents is 1. The molecule has 0 saturated heterocycles. The molecule has 2 N–H and O–H groups in total. The number of hydrogen-bond donors (Lipinski definition) is 2. The van der Waals surface area contributed by atoms with E-state index < -0.39 is 10.8 Å². The van der Waals surface area contributed by atoms with Gasteiger partial charge >= 0.3 is 0 Å². The fraction of sp³-hybridized carbons (Fsp3) is 0. The molecule has 172 valence electrons. The second-order valence-corrected chi connectivity index (χ2v) is 7.61. The Morgan fingerprint density at radius 2 is 1.40 bits per heavy atom. The molecule has 2 amide bonds. The van der Waals surface area contributed by atoms with E-state index in [0.29, 0.717) is 28.3 Å². The van der Waals surface area contributed by atoms with Gasteiger partial charge in [0.25, 0.3) is 17.5 Å². The minimum atomic E-state index is -0.497. The largest absolute Gasteiger partial charge is 0.451 e. The molecule has 9 heteroatoms. The van der Waals surface area contributed by atoms with Gasteiger partial charge in [0.1, 0.15) is 11.3 Å². The van der Waals surface area contributed by atoms with Crippen LogP contribution >= 0.6 is 0 Å². The van der Waals surface area contributed by atoms with Gasteiger partial charge in [-0.3, -0.25) is 19.7 Å². The molecular formula is C26H17N3O6. The molecule has 0 bridgehead atoms. The molecule has 0 aliphatic heterocycles. The van der Waals surface area contributed by atoms with Crippen molar-refractivity contribution in [3.8, 4) is 11.3 Å². The summed E-state index contributed by atoms with van der Waals surface area (Å²) in [6, 6.07) is 24.6. The predicted octanol–water partition coefficient (Wildman–Crippen LogP) is 6.11. The number of benzene rings is 3. The topological polar surface area (TPSA) is 128 Å². The van der Waals surface area contributed by atoms with E-state index in [1.54, 1.807) is 54.6 Å². The Morgan fingerprint density at radius 1 is 0.714 bits per heavy atom. The maximum absolute atomic E-state index is 12.6. The summed E-state index contributed by atoms with van der Waals surface area (Å²) in [6.07, 6.45) is 0. The van der Waals surface area contributed by atoms with Crippen LogP contribution in [0.25, 0.3) is 22.3 Å². The number of nitro groups is 1. The molecule has 0 saturated carbocycles. The Bertz CT molecular complexity index is 1530. The number of para-hydroxylation sites is 1. The Kier molecular flexibility index (Phi) is 5.56. The number of hydrogen-bond acceptors (Lipinski definition) is 6. The highest BCUT2D eigenvalue weighted by Crippen LogP contribution is 2.26. The summed E-state index contributed by atoms with van der Waals surface area (Å²) >= 11 is 0. The van der Waals surface area contributed by atoms with Gasteiger partial charge in [0, 0.05) is 34.5 Å². The minimum absolute atomic E-state index is 0.0498. The van der Waals surface area contributed by atoms with Crippen LogP contribution in [0.3, 0.4) is 0 Å². The van der Waals surface area contributed by atoms with Crippen molar-refractivity contribution < 1.29 is 23.3 Å². The van der Waals surface area contributed by atoms with Crippen molar-refractivity contribution in [1.82, 2.24) is 0 Å². The summed E-state index contributed by atoms with van der Waals surface area (Å²) in [6.45, 7) is 0. The standard InChI is InChI=1S/C26H17N3O6/c30-25(23-13-12-22(34-23)16-5-3-6-20(14-16)29(32)33)27-18-8-10-19(11-9-18)28-26(31)24-15-17-4-1-2-7-21(17)35-24/h1-15H,(H,27,30)(H,28,31). The number of amides is 2. The highest BCUT2D eigenvalue weighted by molar-refractivity contribution is 6.05. The molecule has 2 heterocycles. The molecule has 35 heavy (non-hydrogen) atoms. The molecule has 0 radical (unpaired) electrons. The first kappa shape index (κ1) is 21.7. The maximum Gasteiger partial charge on any atom is 0.291 e. The Hall–Kier alpha value is -5.18. The minimum Gasteiger partial charge on any atom is -0.451 e. The number of nitrogens with one attached hydrogen (secondary N) is 2. The molecule has 0 atom stereocenters. The molecular weight excluding hydrogens is 450 g/mol. The molecule has 2 aromatic heterocycles. The summed E-state index contributed by atoms with van der Waals surface area (Å²) in [4.78, 5) is 35.5. The van der Waals surface area contributed by atoms with Crippen LogP contribution in [0.15, 0.2) is 99.8 Å². The number of fused-ring (bicyclic) bond motifs is 1. The van der Waals surface area contributed by atoms with E-state index in [-0.39, 0.29) is 23.1 Å². The van der Waals surface area contributed by atoms with Gasteiger partial charge in [0.15, 0.2) is 11.5 Å². The lowest BCUT2D eigenvalue weighted by atomic mass is 10.1. The van der Waals surface area contributed by atoms with Crippen LogP contribution in [0.5, 0.6) is 0 Å². The zero-order chi connectivity index (χ0) is 24.4. The second-order valence-electron chi connectivity index (χ2n) is 7.61. The van der Waals surface area contributed by atoms with Crippen molar-refractivity contribution in [2.45, 2.75) is 0 Å². The van der Waals surface area contributed by atoms with Crippen LogP contribution < -0.4 is 10.6 Å². The second kappa shape index (κ2) is 8.99. The van der Waals surface area contributed by atoms with Gasteiger partial charge in [-0.15, -0.1) is 0 Å². The smallest absolute Gasteiger partial charge is 0.291 e. The first-order valence-electron chi connectivity index (χ1n) is 10.5. The first-order chi connectivity index (χ1) is 17.0. The Morgan fingerprint density at radius 3 is 2.09 bits per heavy atom. The molecule has 0 aliphatic carbocycles. The van der Waals surface area contributed by atoms with E-state index in [4.69, 9.17) is 8.83 Å². The average molecular weight is 467 g/mol. The van der Waals surface area contributed by atoms with Crippen LogP contribution in [-0.2, 0) is 0 Å². The normalized spacial score (nSPS) is 10.7. The third kappa shape index (κ3) is 4.64. The number of nitrogens with zero attached hydrogens (tertiary/aromatic N) is 1. The van der Waals surface area contributed by atoms with Crippen molar-refractivity contribution >= 4 is 39.8 Å². The van der Waals surface area contributed by atoms with Crippen molar-refractivity contribution in [3.63, 3.8) is 0 Å². The van der Waals surface area contributed by atoms with Gasteiger partial charge in [-0.25, -0.2) is 0 Å². The molecule has 9 nitrogen and oxygen atoms in total. The summed E-state index contributed by atoms with van der Waals surface area (Å²) < 4.78 is 11.2. The molecule has 0 aliphatic rings. The van der Waals surface area contributed by atoms with E-state index in [1.807, 2.05) is 18.2 Å². The lowest BCUT2D eigenvalue weighted by Gasteiger charge is -2.06. The lowest BCUT2D eigenvalue weighted by Crippen LogP contribution is -2.12. The van der Waals surface area contributed by atoms with Crippen LogP contribution in [0.2, 0.25) is 0 Å². The van der Waals surface area contributed by atoms with E-state index in [9.17, 15) is 19.7 Å². The van der Waals surface area contributed by atoms with Crippen molar-refractivity contribution in [3.05, 3.63) is 113 Å². The zero-order valence-corrected chi connectivity index (χ0v) is 18.1. The van der Waals surface area contributed by atoms with Crippen molar-refractivity contribution in [2.75, 3.05) is 10.6 Å². The quantitative estimate of drug-likeness (QED) is 0.229.